The van der Waals surface area contributed by atoms with Crippen molar-refractivity contribution in [3.8, 4) is 0 Å². The Kier molecular flexibility index (Phi) is 25.5. The zero-order valence-corrected chi connectivity index (χ0v) is 45.2. The predicted molar refractivity (Wildman–Crippen MR) is 282 cm³/mol. The molecule has 0 aromatic rings. The molecule has 0 amide bonds. The molecule has 5 aliphatic rings. The van der Waals surface area contributed by atoms with E-state index >= 15 is 0 Å². The van der Waals surface area contributed by atoms with Crippen molar-refractivity contribution < 1.29 is 23.7 Å². The van der Waals surface area contributed by atoms with E-state index in [4.69, 9.17) is 29.4 Å². The SMILES string of the molecule is CCCCCC=CCC=CCCCCCCCCOCOCC(CN1CCC(OC)C1)OCCOCCC(C)C1CCC2(C)C(=CCC3C2CCC2(C)C(C(C)CCCC(C)C)CCC32N)C1. The van der Waals surface area contributed by atoms with Gasteiger partial charge in [0.05, 0.1) is 32.0 Å². The molecule has 2 N–H and O–H groups in total. The van der Waals surface area contributed by atoms with Crippen LogP contribution in [0.5, 0.6) is 0 Å². The third-order valence-electron chi connectivity index (χ3n) is 18.8. The lowest BCUT2D eigenvalue weighted by Gasteiger charge is -2.62. The predicted octanol–water partition coefficient (Wildman–Crippen LogP) is 14.7. The van der Waals surface area contributed by atoms with Crippen molar-refractivity contribution in [1.29, 1.82) is 0 Å². The highest BCUT2D eigenvalue weighted by molar-refractivity contribution is 5.29. The molecular weight excluding hydrogens is 829 g/mol. The van der Waals surface area contributed by atoms with Gasteiger partial charge in [-0.1, -0.05) is 142 Å². The quantitative estimate of drug-likeness (QED) is 0.0385. The number of hydrogen-bond acceptors (Lipinski definition) is 7. The van der Waals surface area contributed by atoms with Crippen molar-refractivity contribution >= 4 is 0 Å². The molecule has 4 fully saturated rings. The summed E-state index contributed by atoms with van der Waals surface area (Å²) in [6.45, 7) is 23.8. The standard InChI is InChI=1S/C60H108N2O5/c1-9-10-11-12-13-14-15-16-17-18-19-20-21-22-23-24-39-65-47-66-46-54(45-62-38-33-53(44-62)63-8)67-42-41-64-40-34-49(4)51-30-35-58(6)52(43-51)28-29-57-56(58)31-36-59(7)55(32-37-60(57,59)61)50(5)27-25-26-48(2)3/h13-14,16-17,28,48-51,53-57H,9-12,15,18-27,29-47,61H2,1-8H3. The Bertz CT molecular complexity index is 1430. The van der Waals surface area contributed by atoms with Crippen molar-refractivity contribution in [2.45, 2.75) is 227 Å². The second kappa shape index (κ2) is 30.1. The fourth-order valence-electron chi connectivity index (χ4n) is 14.2. The smallest absolute Gasteiger partial charge is 0.146 e. The highest BCUT2D eigenvalue weighted by Gasteiger charge is 2.65. The summed E-state index contributed by atoms with van der Waals surface area (Å²) in [4.78, 5) is 2.45. The molecule has 0 spiro atoms. The molecule has 11 unspecified atom stereocenters. The van der Waals surface area contributed by atoms with Gasteiger partial charge in [-0.3, -0.25) is 4.90 Å². The average molecular weight is 938 g/mol. The molecular formula is C60H108N2O5. The summed E-state index contributed by atoms with van der Waals surface area (Å²) in [7, 11) is 1.82. The van der Waals surface area contributed by atoms with Crippen LogP contribution in [-0.2, 0) is 23.7 Å². The Balaban J connectivity index is 0.936. The average Bonchev–Trinajstić information content (AvgIpc) is 3.89. The molecule has 7 nitrogen and oxygen atoms in total. The van der Waals surface area contributed by atoms with E-state index in [9.17, 15) is 0 Å². The number of nitrogens with two attached hydrogens (primary N) is 1. The van der Waals surface area contributed by atoms with E-state index in [-0.39, 0.29) is 17.1 Å². The number of methoxy groups -OCH3 is 1. The number of hydrogen-bond donors (Lipinski definition) is 1. The molecule has 3 saturated carbocycles. The molecule has 4 aliphatic carbocycles. The molecule has 0 aromatic carbocycles. The Morgan fingerprint density at radius 1 is 0.731 bits per heavy atom. The second-order valence-corrected chi connectivity index (χ2v) is 23.8. The fourth-order valence-corrected chi connectivity index (χ4v) is 14.2. The van der Waals surface area contributed by atoms with Crippen molar-refractivity contribution in [2.75, 3.05) is 66.6 Å². The normalized spacial score (nSPS) is 31.4. The molecule has 5 rings (SSSR count). The molecule has 0 aromatic heterocycles. The Morgan fingerprint density at radius 3 is 2.24 bits per heavy atom. The number of allylic oxidation sites excluding steroid dienone is 6. The first kappa shape index (κ1) is 56.8. The third-order valence-corrected chi connectivity index (χ3v) is 18.8. The van der Waals surface area contributed by atoms with Crippen LogP contribution in [-0.4, -0.2) is 89.2 Å². The van der Waals surface area contributed by atoms with Crippen LogP contribution in [0.15, 0.2) is 36.0 Å². The Morgan fingerprint density at radius 2 is 1.49 bits per heavy atom. The molecule has 7 heteroatoms. The van der Waals surface area contributed by atoms with E-state index in [0.29, 0.717) is 50.0 Å². The molecule has 1 saturated heterocycles. The number of fused-ring (bicyclic) bond motifs is 5. The molecule has 67 heavy (non-hydrogen) atoms. The van der Waals surface area contributed by atoms with Crippen molar-refractivity contribution in [3.63, 3.8) is 0 Å². The minimum Gasteiger partial charge on any atom is -0.380 e. The van der Waals surface area contributed by atoms with E-state index in [1.165, 1.54) is 135 Å². The Hall–Kier alpha value is -1.06. The van der Waals surface area contributed by atoms with Gasteiger partial charge < -0.3 is 29.4 Å². The second-order valence-electron chi connectivity index (χ2n) is 23.8. The van der Waals surface area contributed by atoms with E-state index < -0.39 is 0 Å². The van der Waals surface area contributed by atoms with Crippen LogP contribution in [0.3, 0.4) is 0 Å². The summed E-state index contributed by atoms with van der Waals surface area (Å²) in [6.07, 6.45) is 44.2. The summed E-state index contributed by atoms with van der Waals surface area (Å²) in [5.74, 6) is 5.19. The zero-order chi connectivity index (χ0) is 48.0. The van der Waals surface area contributed by atoms with Crippen LogP contribution in [0, 0.1) is 52.3 Å². The molecule has 0 radical (unpaired) electrons. The lowest BCUT2D eigenvalue weighted by Crippen LogP contribution is -2.65. The fraction of sp³-hybridized carbons (Fsp3) is 0.900. The maximum Gasteiger partial charge on any atom is 0.146 e. The van der Waals surface area contributed by atoms with Crippen LogP contribution in [0.25, 0.3) is 0 Å². The van der Waals surface area contributed by atoms with Crippen LogP contribution in [0.2, 0.25) is 0 Å². The van der Waals surface area contributed by atoms with Gasteiger partial charge in [0.2, 0.25) is 0 Å². The van der Waals surface area contributed by atoms with Gasteiger partial charge in [-0.25, -0.2) is 0 Å². The summed E-state index contributed by atoms with van der Waals surface area (Å²) in [5, 5.41) is 0. The first-order valence-electron chi connectivity index (χ1n) is 28.8. The highest BCUT2D eigenvalue weighted by atomic mass is 16.7. The molecule has 11 atom stereocenters. The maximum atomic E-state index is 7.77. The minimum absolute atomic E-state index is 0.00555. The van der Waals surface area contributed by atoms with E-state index in [1.54, 1.807) is 5.57 Å². The molecule has 1 aliphatic heterocycles. The van der Waals surface area contributed by atoms with Gasteiger partial charge in [0.1, 0.15) is 6.79 Å². The van der Waals surface area contributed by atoms with Gasteiger partial charge in [-0.05, 0) is 155 Å². The zero-order valence-electron chi connectivity index (χ0n) is 45.2. The van der Waals surface area contributed by atoms with Gasteiger partial charge in [0.25, 0.3) is 0 Å². The largest absolute Gasteiger partial charge is 0.380 e. The summed E-state index contributed by atoms with van der Waals surface area (Å²) >= 11 is 0. The van der Waals surface area contributed by atoms with Gasteiger partial charge in [-0.15, -0.1) is 0 Å². The number of likely N-dealkylation sites (tertiary alicyclic amines) is 1. The van der Waals surface area contributed by atoms with Crippen LogP contribution in [0.1, 0.15) is 209 Å². The molecule has 1 heterocycles. The van der Waals surface area contributed by atoms with Gasteiger partial charge >= 0.3 is 0 Å². The lowest BCUT2D eigenvalue weighted by atomic mass is 9.44. The monoisotopic (exact) mass is 937 g/mol. The molecule has 388 valence electrons. The van der Waals surface area contributed by atoms with Gasteiger partial charge in [0.15, 0.2) is 0 Å². The summed E-state index contributed by atoms with van der Waals surface area (Å²) in [5.41, 5.74) is 10.2. The Labute approximate surface area is 414 Å². The van der Waals surface area contributed by atoms with Crippen molar-refractivity contribution in [2.24, 2.45) is 58.0 Å². The van der Waals surface area contributed by atoms with E-state index in [2.05, 4.69) is 83.7 Å². The number of rotatable bonds is 35. The van der Waals surface area contributed by atoms with Crippen LogP contribution < -0.4 is 5.73 Å². The molecule has 0 bridgehead atoms. The number of nitrogens with zero attached hydrogens (tertiary/aromatic N) is 1. The highest BCUT2D eigenvalue weighted by Crippen LogP contribution is 2.68. The topological polar surface area (TPSA) is 75.4 Å². The minimum atomic E-state index is -0.00576. The van der Waals surface area contributed by atoms with E-state index in [0.717, 1.165) is 88.1 Å². The van der Waals surface area contributed by atoms with Gasteiger partial charge in [0, 0.05) is 45.5 Å². The summed E-state index contributed by atoms with van der Waals surface area (Å²) in [6, 6.07) is 0. The third kappa shape index (κ3) is 17.0. The van der Waals surface area contributed by atoms with Crippen molar-refractivity contribution in [3.05, 3.63) is 36.0 Å². The number of unbranched alkanes of at least 4 members (excludes halogenated alkanes) is 9. The maximum absolute atomic E-state index is 7.77. The van der Waals surface area contributed by atoms with Crippen molar-refractivity contribution in [1.82, 2.24) is 4.90 Å². The first-order valence-corrected chi connectivity index (χ1v) is 28.8. The van der Waals surface area contributed by atoms with Gasteiger partial charge in [-0.2, -0.15) is 0 Å². The number of ether oxygens (including phenoxy) is 5. The summed E-state index contributed by atoms with van der Waals surface area (Å²) < 4.78 is 30.2. The lowest BCUT2D eigenvalue weighted by molar-refractivity contribution is -0.103. The van der Waals surface area contributed by atoms with E-state index in [1.807, 2.05) is 7.11 Å². The van der Waals surface area contributed by atoms with Crippen LogP contribution >= 0.6 is 0 Å². The first-order chi connectivity index (χ1) is 32.4. The van der Waals surface area contributed by atoms with Crippen LogP contribution in [0.4, 0.5) is 0 Å².